The summed E-state index contributed by atoms with van der Waals surface area (Å²) in [6, 6.07) is 0. The Morgan fingerprint density at radius 1 is 0.556 bits per heavy atom. The van der Waals surface area contributed by atoms with Crippen LogP contribution in [-0.2, 0) is 29.3 Å². The van der Waals surface area contributed by atoms with Crippen LogP contribution in [0.25, 0.3) is 0 Å². The quantitative estimate of drug-likeness (QED) is 0.139. The minimum atomic E-state index is -1.83. The first-order valence-corrected chi connectivity index (χ1v) is 11.0. The molecular weight excluding hydrogens is 488 g/mol. The van der Waals surface area contributed by atoms with Gasteiger partial charge in [-0.15, -0.1) is 0 Å². The van der Waals surface area contributed by atoms with E-state index in [1.807, 2.05) is 69.2 Å². The van der Waals surface area contributed by atoms with E-state index in [0.29, 0.717) is 12.8 Å². The molecule has 0 bridgehead atoms. The largest absolute Gasteiger partial charge is 0.503 e. The van der Waals surface area contributed by atoms with Gasteiger partial charge in [-0.25, -0.2) is 38.9 Å². The topological polar surface area (TPSA) is 211 Å². The summed E-state index contributed by atoms with van der Waals surface area (Å²) in [5.41, 5.74) is -1.62. The number of hydrogen-bond acceptors (Lipinski definition) is 10. The monoisotopic (exact) mass is 536 g/mol. The number of hydrogen-bond donors (Lipinski definition) is 6. The van der Waals surface area contributed by atoms with Gasteiger partial charge < -0.3 is 20.4 Å². The van der Waals surface area contributed by atoms with Crippen LogP contribution in [0.1, 0.15) is 95.9 Å². The molecule has 14 heteroatoms. The third-order valence-corrected chi connectivity index (χ3v) is 2.95. The molecule has 220 valence electrons. The first-order valence-electron chi connectivity index (χ1n) is 11.0. The summed E-state index contributed by atoms with van der Waals surface area (Å²) in [6.45, 7) is 22.5. The average molecular weight is 537 g/mol. The molecule has 2 unspecified atom stereocenters. The van der Waals surface area contributed by atoms with Gasteiger partial charge in [-0.2, -0.15) is 0 Å². The molecule has 2 atom stereocenters. The normalized spacial score (nSPS) is 13.5. The molecule has 0 aliphatic heterocycles. The van der Waals surface area contributed by atoms with Gasteiger partial charge in [-0.3, -0.25) is 10.5 Å². The molecule has 0 aliphatic rings. The lowest BCUT2D eigenvalue weighted by Crippen LogP contribution is -2.33. The van der Waals surface area contributed by atoms with Crippen LogP contribution < -0.4 is 0 Å². The highest BCUT2D eigenvalue weighted by atomic mass is 17.2. The molecule has 0 aromatic heterocycles. The fourth-order valence-corrected chi connectivity index (χ4v) is 2.00. The van der Waals surface area contributed by atoms with Crippen molar-refractivity contribution < 1.29 is 69.9 Å². The Labute approximate surface area is 213 Å². The number of rotatable bonds is 10. The Morgan fingerprint density at radius 3 is 0.889 bits per heavy atom. The van der Waals surface area contributed by atoms with Crippen molar-refractivity contribution in [3.8, 4) is 0 Å². The van der Waals surface area contributed by atoms with Crippen molar-refractivity contribution in [3.63, 3.8) is 0 Å². The van der Waals surface area contributed by atoms with E-state index >= 15 is 0 Å². The van der Waals surface area contributed by atoms with Gasteiger partial charge in [0.1, 0.15) is 11.2 Å². The minimum absolute atomic E-state index is 0.270. The molecule has 0 fully saturated rings. The van der Waals surface area contributed by atoms with Crippen LogP contribution in [0.3, 0.4) is 0 Å². The molecule has 0 rings (SSSR count). The van der Waals surface area contributed by atoms with E-state index in [0.717, 1.165) is 0 Å². The number of carboxylic acid groups (broad SMARTS) is 4. The molecule has 14 nitrogen and oxygen atoms in total. The first-order chi connectivity index (χ1) is 15.8. The van der Waals surface area contributed by atoms with Crippen LogP contribution in [0, 0.1) is 0 Å². The summed E-state index contributed by atoms with van der Waals surface area (Å²) < 4.78 is 0. The van der Waals surface area contributed by atoms with Crippen molar-refractivity contribution in [2.75, 3.05) is 0 Å². The molecule has 0 radical (unpaired) electrons. The molecule has 0 aliphatic carbocycles. The van der Waals surface area contributed by atoms with Crippen LogP contribution >= 0.6 is 0 Å². The summed E-state index contributed by atoms with van der Waals surface area (Å²) in [5, 5.41) is 44.7. The zero-order chi connectivity index (χ0) is 30.0. The van der Waals surface area contributed by atoms with Gasteiger partial charge >= 0.3 is 12.3 Å². The molecule has 6 N–H and O–H groups in total. The standard InChI is InChI=1S/2C10H22O4.2CH2O3/c2*1-8(12-11)7-10(5,6)14-13-9(2,3)4;2*2-1(3)4/h2*8,11H,7H2,1-6H3;2*(H2,2,3,4). The van der Waals surface area contributed by atoms with Gasteiger partial charge in [-0.05, 0) is 83.1 Å². The lowest BCUT2D eigenvalue weighted by Gasteiger charge is -2.29. The van der Waals surface area contributed by atoms with E-state index in [1.165, 1.54) is 0 Å². The highest BCUT2D eigenvalue weighted by molar-refractivity contribution is 5.53. The highest BCUT2D eigenvalue weighted by Gasteiger charge is 2.27. The summed E-state index contributed by atoms with van der Waals surface area (Å²) in [4.78, 5) is 46.4. The zero-order valence-electron chi connectivity index (χ0n) is 23.5. The van der Waals surface area contributed by atoms with Crippen molar-refractivity contribution in [3.05, 3.63) is 0 Å². The Morgan fingerprint density at radius 2 is 0.750 bits per heavy atom. The van der Waals surface area contributed by atoms with Crippen LogP contribution in [0.4, 0.5) is 9.59 Å². The van der Waals surface area contributed by atoms with E-state index in [9.17, 15) is 0 Å². The van der Waals surface area contributed by atoms with Crippen molar-refractivity contribution >= 4 is 12.3 Å². The van der Waals surface area contributed by atoms with E-state index in [-0.39, 0.29) is 23.4 Å². The van der Waals surface area contributed by atoms with E-state index < -0.39 is 23.5 Å². The predicted molar refractivity (Wildman–Crippen MR) is 129 cm³/mol. The van der Waals surface area contributed by atoms with E-state index in [4.69, 9.17) is 60.1 Å². The van der Waals surface area contributed by atoms with E-state index in [2.05, 4.69) is 9.78 Å². The van der Waals surface area contributed by atoms with Crippen LogP contribution in [0.15, 0.2) is 0 Å². The first kappa shape index (κ1) is 41.4. The van der Waals surface area contributed by atoms with Gasteiger partial charge in [-0.1, -0.05) is 0 Å². The fraction of sp³-hybridized carbons (Fsp3) is 0.909. The zero-order valence-corrected chi connectivity index (χ0v) is 23.5. The average Bonchev–Trinajstić information content (AvgIpc) is 2.63. The van der Waals surface area contributed by atoms with Gasteiger partial charge in [0.2, 0.25) is 0 Å². The number of carbonyl (C=O) groups is 2. The van der Waals surface area contributed by atoms with Crippen molar-refractivity contribution in [2.24, 2.45) is 0 Å². The molecule has 36 heavy (non-hydrogen) atoms. The van der Waals surface area contributed by atoms with Crippen LogP contribution in [0.5, 0.6) is 0 Å². The molecule has 0 aromatic rings. The lowest BCUT2D eigenvalue weighted by molar-refractivity contribution is -0.404. The van der Waals surface area contributed by atoms with Crippen molar-refractivity contribution in [1.82, 2.24) is 0 Å². The van der Waals surface area contributed by atoms with Crippen LogP contribution in [-0.4, -0.2) is 77.9 Å². The summed E-state index contributed by atoms with van der Waals surface area (Å²) in [7, 11) is 0. The fourth-order valence-electron chi connectivity index (χ4n) is 2.00. The Bertz CT molecular complexity index is 506. The summed E-state index contributed by atoms with van der Waals surface area (Å²) in [6.07, 6.45) is -3.10. The van der Waals surface area contributed by atoms with Crippen molar-refractivity contribution in [1.29, 1.82) is 0 Å². The lowest BCUT2D eigenvalue weighted by atomic mass is 10.0. The Hall–Kier alpha value is -1.78. The highest BCUT2D eigenvalue weighted by Crippen LogP contribution is 2.22. The van der Waals surface area contributed by atoms with Gasteiger partial charge in [0.05, 0.1) is 23.4 Å². The molecule has 0 saturated heterocycles. The predicted octanol–water partition coefficient (Wildman–Crippen LogP) is 6.00. The molecule has 0 heterocycles. The van der Waals surface area contributed by atoms with E-state index in [1.54, 1.807) is 13.8 Å². The SMILES string of the molecule is CC(CC(C)(C)OOC(C)(C)C)OO.CC(CC(C)(C)OOC(C)(C)C)OO.O=C(O)O.O=C(O)O. The third kappa shape index (κ3) is 45.7. The molecule has 0 saturated carbocycles. The van der Waals surface area contributed by atoms with Crippen molar-refractivity contribution in [2.45, 2.75) is 131 Å². The maximum Gasteiger partial charge on any atom is 0.503 e. The minimum Gasteiger partial charge on any atom is -0.450 e. The summed E-state index contributed by atoms with van der Waals surface area (Å²) >= 11 is 0. The van der Waals surface area contributed by atoms with Gasteiger partial charge in [0.15, 0.2) is 0 Å². The maximum atomic E-state index is 8.56. The molecule has 0 spiro atoms. The molecule has 0 amide bonds. The van der Waals surface area contributed by atoms with Gasteiger partial charge in [0, 0.05) is 12.8 Å². The Kier molecular flexibility index (Phi) is 22.2. The Balaban J connectivity index is -0.000000219. The molecule has 0 aromatic carbocycles. The second-order valence-corrected chi connectivity index (χ2v) is 10.9. The second kappa shape index (κ2) is 19.3. The second-order valence-electron chi connectivity index (χ2n) is 10.9. The third-order valence-electron chi connectivity index (χ3n) is 2.95. The van der Waals surface area contributed by atoms with Crippen LogP contribution in [0.2, 0.25) is 0 Å². The molecular formula is C22H48O14. The maximum absolute atomic E-state index is 8.56. The summed E-state index contributed by atoms with van der Waals surface area (Å²) in [5.74, 6) is 0. The smallest absolute Gasteiger partial charge is 0.450 e. The van der Waals surface area contributed by atoms with Gasteiger partial charge in [0.25, 0.3) is 0 Å².